The Bertz CT molecular complexity index is 442. The summed E-state index contributed by atoms with van der Waals surface area (Å²) in [6.45, 7) is 6.52. The monoisotopic (exact) mass is 284 g/mol. The molecule has 1 unspecified atom stereocenters. The molecule has 1 aliphatic heterocycles. The normalized spacial score (nSPS) is 21.3. The SMILES string of the molecule is CNC1(C)CCN(C(C)c2ccc(F)c(Cl)c2)CC1. The summed E-state index contributed by atoms with van der Waals surface area (Å²) >= 11 is 5.86. The summed E-state index contributed by atoms with van der Waals surface area (Å²) in [6, 6.07) is 5.31. The van der Waals surface area contributed by atoms with Gasteiger partial charge in [-0.3, -0.25) is 4.90 Å². The minimum absolute atomic E-state index is 0.210. The molecule has 4 heteroatoms. The largest absolute Gasteiger partial charge is 0.314 e. The zero-order chi connectivity index (χ0) is 14.0. The zero-order valence-corrected chi connectivity index (χ0v) is 12.6. The fourth-order valence-corrected chi connectivity index (χ4v) is 2.83. The van der Waals surface area contributed by atoms with Crippen LogP contribution in [-0.2, 0) is 0 Å². The predicted molar refractivity (Wildman–Crippen MR) is 78.1 cm³/mol. The Morgan fingerprint density at radius 2 is 2.00 bits per heavy atom. The highest BCUT2D eigenvalue weighted by molar-refractivity contribution is 6.30. The van der Waals surface area contributed by atoms with E-state index in [9.17, 15) is 4.39 Å². The Morgan fingerprint density at radius 3 is 2.53 bits per heavy atom. The van der Waals surface area contributed by atoms with Crippen LogP contribution in [0, 0.1) is 5.82 Å². The summed E-state index contributed by atoms with van der Waals surface area (Å²) in [4.78, 5) is 2.43. The second-order valence-electron chi connectivity index (χ2n) is 5.70. The lowest BCUT2D eigenvalue weighted by Crippen LogP contribution is -2.50. The van der Waals surface area contributed by atoms with Gasteiger partial charge in [0.1, 0.15) is 5.82 Å². The maximum absolute atomic E-state index is 13.2. The summed E-state index contributed by atoms with van der Waals surface area (Å²) in [6.07, 6.45) is 2.26. The molecule has 1 aliphatic rings. The van der Waals surface area contributed by atoms with Crippen molar-refractivity contribution in [3.8, 4) is 0 Å². The van der Waals surface area contributed by atoms with Crippen molar-refractivity contribution in [2.24, 2.45) is 0 Å². The third kappa shape index (κ3) is 3.28. The van der Waals surface area contributed by atoms with E-state index in [0.29, 0.717) is 0 Å². The maximum Gasteiger partial charge on any atom is 0.141 e. The zero-order valence-electron chi connectivity index (χ0n) is 11.8. The van der Waals surface area contributed by atoms with Gasteiger partial charge in [-0.1, -0.05) is 17.7 Å². The topological polar surface area (TPSA) is 15.3 Å². The molecule has 0 bridgehead atoms. The van der Waals surface area contributed by atoms with Gasteiger partial charge in [-0.15, -0.1) is 0 Å². The summed E-state index contributed by atoms with van der Waals surface area (Å²) in [5, 5.41) is 3.61. The lowest BCUT2D eigenvalue weighted by atomic mass is 9.88. The Labute approximate surface area is 119 Å². The molecule has 0 aromatic heterocycles. The van der Waals surface area contributed by atoms with Gasteiger partial charge in [-0.05, 0) is 51.4 Å². The number of benzene rings is 1. The first-order valence-electron chi connectivity index (χ1n) is 6.83. The van der Waals surface area contributed by atoms with Crippen molar-refractivity contribution in [2.45, 2.75) is 38.3 Å². The van der Waals surface area contributed by atoms with Crippen LogP contribution < -0.4 is 5.32 Å². The van der Waals surface area contributed by atoms with Crippen LogP contribution in [0.5, 0.6) is 0 Å². The molecule has 1 heterocycles. The van der Waals surface area contributed by atoms with Crippen molar-refractivity contribution >= 4 is 11.6 Å². The molecule has 1 saturated heterocycles. The van der Waals surface area contributed by atoms with E-state index in [0.717, 1.165) is 31.5 Å². The first-order valence-corrected chi connectivity index (χ1v) is 7.21. The third-order valence-electron chi connectivity index (χ3n) is 4.48. The van der Waals surface area contributed by atoms with Crippen LogP contribution in [0.1, 0.15) is 38.3 Å². The number of nitrogens with one attached hydrogen (secondary N) is 1. The number of hydrogen-bond acceptors (Lipinski definition) is 2. The van der Waals surface area contributed by atoms with Crippen LogP contribution in [0.15, 0.2) is 18.2 Å². The van der Waals surface area contributed by atoms with Crippen molar-refractivity contribution < 1.29 is 4.39 Å². The van der Waals surface area contributed by atoms with Crippen LogP contribution in [0.3, 0.4) is 0 Å². The smallest absolute Gasteiger partial charge is 0.141 e. The van der Waals surface area contributed by atoms with E-state index >= 15 is 0 Å². The molecule has 19 heavy (non-hydrogen) atoms. The summed E-state index contributed by atoms with van der Waals surface area (Å²) in [5.41, 5.74) is 1.33. The van der Waals surface area contributed by atoms with Crippen molar-refractivity contribution in [3.05, 3.63) is 34.6 Å². The van der Waals surface area contributed by atoms with E-state index in [1.807, 2.05) is 13.1 Å². The summed E-state index contributed by atoms with van der Waals surface area (Å²) < 4.78 is 13.2. The molecule has 1 aromatic carbocycles. The standard InChI is InChI=1S/C15H22ClFN2/c1-11(12-4-5-14(17)13(16)10-12)19-8-6-15(2,18-3)7-9-19/h4-5,10-11,18H,6-9H2,1-3H3. The van der Waals surface area contributed by atoms with Crippen molar-refractivity contribution in [1.29, 1.82) is 0 Å². The van der Waals surface area contributed by atoms with Crippen LogP contribution in [0.25, 0.3) is 0 Å². The van der Waals surface area contributed by atoms with Crippen LogP contribution in [0.4, 0.5) is 4.39 Å². The maximum atomic E-state index is 13.2. The highest BCUT2D eigenvalue weighted by Gasteiger charge is 2.30. The molecular formula is C15H22ClFN2. The number of hydrogen-bond donors (Lipinski definition) is 1. The molecule has 0 saturated carbocycles. The van der Waals surface area contributed by atoms with Gasteiger partial charge in [0.05, 0.1) is 5.02 Å². The van der Waals surface area contributed by atoms with Gasteiger partial charge < -0.3 is 5.32 Å². The van der Waals surface area contributed by atoms with Gasteiger partial charge in [0.15, 0.2) is 0 Å². The molecule has 0 radical (unpaired) electrons. The quantitative estimate of drug-likeness (QED) is 0.912. The predicted octanol–water partition coefficient (Wildman–Crippen LogP) is 3.61. The van der Waals surface area contributed by atoms with Crippen LogP contribution in [-0.4, -0.2) is 30.6 Å². The third-order valence-corrected chi connectivity index (χ3v) is 4.77. The fourth-order valence-electron chi connectivity index (χ4n) is 2.64. The van der Waals surface area contributed by atoms with E-state index in [-0.39, 0.29) is 22.4 Å². The first-order chi connectivity index (χ1) is 8.95. The van der Waals surface area contributed by atoms with Gasteiger partial charge in [-0.25, -0.2) is 4.39 Å². The average Bonchev–Trinajstić information content (AvgIpc) is 2.42. The Hall–Kier alpha value is -0.640. The van der Waals surface area contributed by atoms with Crippen LogP contribution in [0.2, 0.25) is 5.02 Å². The van der Waals surface area contributed by atoms with E-state index in [1.165, 1.54) is 6.07 Å². The Kier molecular flexibility index (Phi) is 4.49. The highest BCUT2D eigenvalue weighted by atomic mass is 35.5. The van der Waals surface area contributed by atoms with Gasteiger partial charge >= 0.3 is 0 Å². The van der Waals surface area contributed by atoms with E-state index < -0.39 is 0 Å². The molecular weight excluding hydrogens is 263 g/mol. The van der Waals surface area contributed by atoms with Gasteiger partial charge in [0.25, 0.3) is 0 Å². The molecule has 1 fully saturated rings. The fraction of sp³-hybridized carbons (Fsp3) is 0.600. The molecule has 1 aromatic rings. The van der Waals surface area contributed by atoms with Gasteiger partial charge in [0, 0.05) is 24.7 Å². The minimum Gasteiger partial charge on any atom is -0.314 e. The molecule has 2 rings (SSSR count). The summed E-state index contributed by atoms with van der Waals surface area (Å²) in [7, 11) is 2.03. The second-order valence-corrected chi connectivity index (χ2v) is 6.10. The van der Waals surface area contributed by atoms with Crippen molar-refractivity contribution in [2.75, 3.05) is 20.1 Å². The number of likely N-dealkylation sites (tertiary alicyclic amines) is 1. The summed E-state index contributed by atoms with van der Waals surface area (Å²) in [5.74, 6) is -0.348. The van der Waals surface area contributed by atoms with Gasteiger partial charge in [-0.2, -0.15) is 0 Å². The molecule has 0 aliphatic carbocycles. The van der Waals surface area contributed by atoms with E-state index in [1.54, 1.807) is 6.07 Å². The molecule has 0 amide bonds. The Morgan fingerprint density at radius 1 is 1.37 bits per heavy atom. The van der Waals surface area contributed by atoms with E-state index in [2.05, 4.69) is 24.1 Å². The van der Waals surface area contributed by atoms with Crippen molar-refractivity contribution in [1.82, 2.24) is 10.2 Å². The molecule has 1 atom stereocenters. The molecule has 106 valence electrons. The second kappa shape index (κ2) is 5.78. The number of nitrogens with zero attached hydrogens (tertiary/aromatic N) is 1. The lowest BCUT2D eigenvalue weighted by Gasteiger charge is -2.42. The van der Waals surface area contributed by atoms with Crippen molar-refractivity contribution in [3.63, 3.8) is 0 Å². The molecule has 2 nitrogen and oxygen atoms in total. The van der Waals surface area contributed by atoms with Crippen LogP contribution >= 0.6 is 11.6 Å². The number of rotatable bonds is 3. The first kappa shape index (κ1) is 14.8. The van der Waals surface area contributed by atoms with E-state index in [4.69, 9.17) is 11.6 Å². The Balaban J connectivity index is 2.05. The minimum atomic E-state index is -0.348. The average molecular weight is 285 g/mol. The molecule has 1 N–H and O–H groups in total. The number of halogens is 2. The van der Waals surface area contributed by atoms with Gasteiger partial charge in [0.2, 0.25) is 0 Å². The molecule has 0 spiro atoms. The number of piperidine rings is 1. The highest BCUT2D eigenvalue weighted by Crippen LogP contribution is 2.30. The lowest BCUT2D eigenvalue weighted by molar-refractivity contribution is 0.117.